The van der Waals surface area contributed by atoms with Crippen LogP contribution in [0.25, 0.3) is 55.3 Å². The van der Waals surface area contributed by atoms with Crippen molar-refractivity contribution in [3.05, 3.63) is 198 Å². The molecular formula is C52H41N. The zero-order valence-electron chi connectivity index (χ0n) is 30.7. The van der Waals surface area contributed by atoms with Gasteiger partial charge in [-0.3, -0.25) is 0 Å². The van der Waals surface area contributed by atoms with Crippen LogP contribution in [0.4, 0.5) is 17.1 Å². The maximum Gasteiger partial charge on any atom is 0.0465 e. The highest BCUT2D eigenvalue weighted by molar-refractivity contribution is 6.05. The number of rotatable bonds is 5. The molecule has 0 bridgehead atoms. The van der Waals surface area contributed by atoms with Crippen LogP contribution in [0.1, 0.15) is 49.9 Å². The summed E-state index contributed by atoms with van der Waals surface area (Å²) in [6, 6.07) is 65.2. The topological polar surface area (TPSA) is 3.24 Å². The van der Waals surface area contributed by atoms with Gasteiger partial charge < -0.3 is 4.90 Å². The average Bonchev–Trinajstić information content (AvgIpc) is 3.58. The molecular weight excluding hydrogens is 639 g/mol. The Morgan fingerprint density at radius 3 is 1.60 bits per heavy atom. The molecule has 254 valence electrons. The van der Waals surface area contributed by atoms with Crippen LogP contribution in [0, 0.1) is 0 Å². The first-order chi connectivity index (χ1) is 25.8. The lowest BCUT2D eigenvalue weighted by Crippen LogP contribution is -2.18. The molecule has 53 heavy (non-hydrogen) atoms. The molecule has 0 heterocycles. The van der Waals surface area contributed by atoms with Crippen LogP contribution in [-0.4, -0.2) is 0 Å². The first-order valence-corrected chi connectivity index (χ1v) is 18.8. The Morgan fingerprint density at radius 2 is 0.887 bits per heavy atom. The van der Waals surface area contributed by atoms with E-state index in [4.69, 9.17) is 0 Å². The lowest BCUT2D eigenvalue weighted by molar-refractivity contribution is 0.660. The van der Waals surface area contributed by atoms with Gasteiger partial charge in [-0.15, -0.1) is 0 Å². The summed E-state index contributed by atoms with van der Waals surface area (Å²) in [7, 11) is 0. The summed E-state index contributed by atoms with van der Waals surface area (Å²) in [4.78, 5) is 2.46. The van der Waals surface area contributed by atoms with Crippen LogP contribution in [0.15, 0.2) is 176 Å². The van der Waals surface area contributed by atoms with Gasteiger partial charge in [-0.25, -0.2) is 0 Å². The lowest BCUT2D eigenvalue weighted by Gasteiger charge is -2.30. The van der Waals surface area contributed by atoms with Crippen molar-refractivity contribution in [3.63, 3.8) is 0 Å². The fourth-order valence-corrected chi connectivity index (χ4v) is 9.38. The van der Waals surface area contributed by atoms with Gasteiger partial charge in [-0.05, 0) is 120 Å². The second kappa shape index (κ2) is 11.7. The Labute approximate surface area is 312 Å². The monoisotopic (exact) mass is 679 g/mol. The normalized spacial score (nSPS) is 14.3. The van der Waals surface area contributed by atoms with E-state index < -0.39 is 0 Å². The number of benzene rings is 8. The molecule has 10 rings (SSSR count). The third-order valence-corrected chi connectivity index (χ3v) is 12.0. The Bertz CT molecular complexity index is 2700. The van der Waals surface area contributed by atoms with Crippen molar-refractivity contribution in [2.75, 3.05) is 4.90 Å². The van der Waals surface area contributed by atoms with E-state index in [9.17, 15) is 0 Å². The lowest BCUT2D eigenvalue weighted by atomic mass is 9.79. The van der Waals surface area contributed by atoms with E-state index in [0.29, 0.717) is 0 Å². The van der Waals surface area contributed by atoms with Crippen molar-refractivity contribution in [1.82, 2.24) is 0 Å². The van der Waals surface area contributed by atoms with Crippen LogP contribution < -0.4 is 4.90 Å². The second-order valence-corrected chi connectivity index (χ2v) is 15.8. The molecule has 0 aliphatic heterocycles. The van der Waals surface area contributed by atoms with Gasteiger partial charge in [0, 0.05) is 27.9 Å². The van der Waals surface area contributed by atoms with Crippen LogP contribution in [0.2, 0.25) is 0 Å². The molecule has 1 heteroatoms. The summed E-state index contributed by atoms with van der Waals surface area (Å²) in [5.41, 5.74) is 19.0. The van der Waals surface area contributed by atoms with Gasteiger partial charge in [-0.2, -0.15) is 0 Å². The number of anilines is 3. The Morgan fingerprint density at radius 1 is 0.358 bits per heavy atom. The molecule has 0 radical (unpaired) electrons. The molecule has 0 saturated carbocycles. The molecule has 0 spiro atoms. The highest BCUT2D eigenvalue weighted by atomic mass is 15.1. The SMILES string of the molecule is CC1(C)c2ccccc2-c2ccc(N(c3ccc(-c4ccccc4)cc3)c3ccc4c(c3)C(C)(C)c3c-4c(-c4ccccc4)cc4ccccc34)cc21. The standard InChI is InChI=1S/C52H41N/c1-51(2)46-22-14-13-21-42(46)43-29-27-39(32-47(43)51)53(38-25-23-35(24-26-38)34-15-7-5-8-16-34)40-28-30-44-48(33-40)52(3,4)50-41-20-12-11-19-37(41)31-45(49(44)50)36-17-9-6-10-18-36/h5-33H,1-4H3. The molecule has 0 aromatic heterocycles. The van der Waals surface area contributed by atoms with Crippen LogP contribution in [-0.2, 0) is 10.8 Å². The predicted octanol–water partition coefficient (Wildman–Crippen LogP) is 14.3. The summed E-state index contributed by atoms with van der Waals surface area (Å²) in [5, 5.41) is 2.62. The van der Waals surface area contributed by atoms with E-state index in [1.807, 2.05) is 0 Å². The minimum Gasteiger partial charge on any atom is -0.310 e. The molecule has 0 saturated heterocycles. The predicted molar refractivity (Wildman–Crippen MR) is 225 cm³/mol. The van der Waals surface area contributed by atoms with Gasteiger partial charge in [-0.1, -0.05) is 161 Å². The maximum atomic E-state index is 2.47. The molecule has 0 fully saturated rings. The first kappa shape index (κ1) is 31.5. The van der Waals surface area contributed by atoms with E-state index in [1.54, 1.807) is 0 Å². The summed E-state index contributed by atoms with van der Waals surface area (Å²) < 4.78 is 0. The zero-order chi connectivity index (χ0) is 35.9. The maximum absolute atomic E-state index is 2.47. The quantitative estimate of drug-likeness (QED) is 0.175. The largest absolute Gasteiger partial charge is 0.310 e. The molecule has 8 aromatic rings. The molecule has 1 nitrogen and oxygen atoms in total. The van der Waals surface area contributed by atoms with Gasteiger partial charge in [0.05, 0.1) is 0 Å². The van der Waals surface area contributed by atoms with Crippen molar-refractivity contribution in [2.45, 2.75) is 38.5 Å². The Kier molecular flexibility index (Phi) is 6.94. The minimum atomic E-state index is -0.213. The molecule has 2 aliphatic carbocycles. The molecule has 0 amide bonds. The van der Waals surface area contributed by atoms with E-state index in [1.165, 1.54) is 83.2 Å². The van der Waals surface area contributed by atoms with E-state index in [2.05, 4.69) is 209 Å². The van der Waals surface area contributed by atoms with Gasteiger partial charge in [0.15, 0.2) is 0 Å². The number of fused-ring (bicyclic) bond motifs is 8. The highest BCUT2D eigenvalue weighted by Crippen LogP contribution is 2.56. The summed E-state index contributed by atoms with van der Waals surface area (Å²) in [5.74, 6) is 0. The van der Waals surface area contributed by atoms with Gasteiger partial charge in [0.1, 0.15) is 0 Å². The Balaban J connectivity index is 1.17. The summed E-state index contributed by atoms with van der Waals surface area (Å²) in [6.07, 6.45) is 0. The first-order valence-electron chi connectivity index (χ1n) is 18.8. The van der Waals surface area contributed by atoms with Crippen LogP contribution >= 0.6 is 0 Å². The Hall–Kier alpha value is -6.18. The molecule has 0 atom stereocenters. The third-order valence-electron chi connectivity index (χ3n) is 12.0. The number of hydrogen-bond donors (Lipinski definition) is 0. The molecule has 2 aliphatic rings. The van der Waals surface area contributed by atoms with Crippen molar-refractivity contribution in [2.24, 2.45) is 0 Å². The average molecular weight is 680 g/mol. The smallest absolute Gasteiger partial charge is 0.0465 e. The second-order valence-electron chi connectivity index (χ2n) is 15.8. The molecule has 8 aromatic carbocycles. The van der Waals surface area contributed by atoms with Gasteiger partial charge in [0.2, 0.25) is 0 Å². The fourth-order valence-electron chi connectivity index (χ4n) is 9.38. The van der Waals surface area contributed by atoms with E-state index in [-0.39, 0.29) is 10.8 Å². The number of hydrogen-bond acceptors (Lipinski definition) is 1. The van der Waals surface area contributed by atoms with Crippen molar-refractivity contribution in [1.29, 1.82) is 0 Å². The zero-order valence-corrected chi connectivity index (χ0v) is 30.7. The van der Waals surface area contributed by atoms with E-state index in [0.717, 1.165) is 11.4 Å². The van der Waals surface area contributed by atoms with Gasteiger partial charge >= 0.3 is 0 Å². The number of nitrogens with zero attached hydrogens (tertiary/aromatic N) is 1. The van der Waals surface area contributed by atoms with E-state index >= 15 is 0 Å². The van der Waals surface area contributed by atoms with Crippen molar-refractivity contribution >= 4 is 27.8 Å². The van der Waals surface area contributed by atoms with Crippen molar-refractivity contribution < 1.29 is 0 Å². The summed E-state index contributed by atoms with van der Waals surface area (Å²) in [6.45, 7) is 9.56. The molecule has 0 N–H and O–H groups in total. The summed E-state index contributed by atoms with van der Waals surface area (Å²) >= 11 is 0. The van der Waals surface area contributed by atoms with Crippen LogP contribution in [0.5, 0.6) is 0 Å². The fraction of sp³-hybridized carbons (Fsp3) is 0.115. The van der Waals surface area contributed by atoms with Gasteiger partial charge in [0.25, 0.3) is 0 Å². The third kappa shape index (κ3) is 4.77. The van der Waals surface area contributed by atoms with Crippen LogP contribution in [0.3, 0.4) is 0 Å². The van der Waals surface area contributed by atoms with Crippen molar-refractivity contribution in [3.8, 4) is 44.5 Å². The highest BCUT2D eigenvalue weighted by Gasteiger charge is 2.40. The minimum absolute atomic E-state index is 0.0960. The molecule has 0 unspecified atom stereocenters.